The smallest absolute Gasteiger partial charge is 0.158 e. The molecule has 6 nitrogen and oxygen atoms in total. The maximum Gasteiger partial charge on any atom is 0.158 e. The minimum Gasteiger partial charge on any atom is -0.374 e. The van der Waals surface area contributed by atoms with Crippen molar-refractivity contribution in [3.63, 3.8) is 0 Å². The zero-order valence-corrected chi connectivity index (χ0v) is 13.6. The van der Waals surface area contributed by atoms with Crippen LogP contribution in [0.15, 0.2) is 28.7 Å². The van der Waals surface area contributed by atoms with Crippen molar-refractivity contribution in [2.75, 3.05) is 17.3 Å². The highest BCUT2D eigenvalue weighted by Crippen LogP contribution is 2.23. The Morgan fingerprint density at radius 2 is 2.00 bits per heavy atom. The van der Waals surface area contributed by atoms with Gasteiger partial charge in [-0.3, -0.25) is 0 Å². The number of halogens is 1. The lowest BCUT2D eigenvalue weighted by Crippen LogP contribution is -2.12. The van der Waals surface area contributed by atoms with Crippen molar-refractivity contribution in [2.24, 2.45) is 5.84 Å². The van der Waals surface area contributed by atoms with E-state index in [1.54, 1.807) is 6.07 Å². The van der Waals surface area contributed by atoms with Crippen LogP contribution >= 0.6 is 15.9 Å². The standard InChI is InChI=1S/C14H18BrN5O/c1-3-21-8-14-18-12(7-13(19-14)20-16)17-10-5-4-9(2)11(15)6-10/h4-7H,3,8,16H2,1-2H3,(H2,17,18,19,20). The molecule has 4 N–H and O–H groups in total. The Bertz CT molecular complexity index is 620. The molecule has 112 valence electrons. The highest BCUT2D eigenvalue weighted by Gasteiger charge is 2.05. The number of hydrogen-bond donors (Lipinski definition) is 3. The molecule has 0 radical (unpaired) electrons. The number of hydrogen-bond acceptors (Lipinski definition) is 6. The monoisotopic (exact) mass is 351 g/mol. The molecular formula is C14H18BrN5O. The average molecular weight is 352 g/mol. The van der Waals surface area contributed by atoms with E-state index in [-0.39, 0.29) is 0 Å². The molecule has 21 heavy (non-hydrogen) atoms. The Morgan fingerprint density at radius 3 is 2.67 bits per heavy atom. The van der Waals surface area contributed by atoms with Crippen LogP contribution in [-0.4, -0.2) is 16.6 Å². The summed E-state index contributed by atoms with van der Waals surface area (Å²) in [5.74, 6) is 7.20. The molecule has 0 aliphatic carbocycles. The third kappa shape index (κ3) is 4.38. The number of ether oxygens (including phenoxy) is 1. The van der Waals surface area contributed by atoms with E-state index in [4.69, 9.17) is 10.6 Å². The van der Waals surface area contributed by atoms with Gasteiger partial charge in [-0.1, -0.05) is 22.0 Å². The third-order valence-electron chi connectivity index (χ3n) is 2.80. The fourth-order valence-corrected chi connectivity index (χ4v) is 2.09. The molecule has 0 saturated carbocycles. The maximum atomic E-state index is 5.44. The molecule has 0 atom stereocenters. The van der Waals surface area contributed by atoms with Crippen LogP contribution in [0.2, 0.25) is 0 Å². The van der Waals surface area contributed by atoms with Crippen LogP contribution in [-0.2, 0) is 11.3 Å². The van der Waals surface area contributed by atoms with Gasteiger partial charge in [0.1, 0.15) is 18.2 Å². The van der Waals surface area contributed by atoms with Gasteiger partial charge < -0.3 is 15.5 Å². The highest BCUT2D eigenvalue weighted by molar-refractivity contribution is 9.10. The van der Waals surface area contributed by atoms with Gasteiger partial charge in [-0.2, -0.15) is 0 Å². The summed E-state index contributed by atoms with van der Waals surface area (Å²) in [6, 6.07) is 7.75. The van der Waals surface area contributed by atoms with Gasteiger partial charge in [0, 0.05) is 22.8 Å². The van der Waals surface area contributed by atoms with Crippen LogP contribution in [0.3, 0.4) is 0 Å². The molecule has 0 fully saturated rings. The quantitative estimate of drug-likeness (QED) is 0.547. The van der Waals surface area contributed by atoms with E-state index in [1.165, 1.54) is 5.56 Å². The Kier molecular flexibility index (Phi) is 5.49. The van der Waals surface area contributed by atoms with Gasteiger partial charge in [0.15, 0.2) is 5.82 Å². The van der Waals surface area contributed by atoms with Gasteiger partial charge in [-0.25, -0.2) is 15.8 Å². The van der Waals surface area contributed by atoms with Crippen LogP contribution in [0.1, 0.15) is 18.3 Å². The van der Waals surface area contributed by atoms with Crippen LogP contribution in [0.25, 0.3) is 0 Å². The van der Waals surface area contributed by atoms with Crippen LogP contribution in [0.4, 0.5) is 17.3 Å². The van der Waals surface area contributed by atoms with Crippen LogP contribution in [0.5, 0.6) is 0 Å². The number of hydrazine groups is 1. The zero-order chi connectivity index (χ0) is 15.2. The second kappa shape index (κ2) is 7.35. The number of anilines is 3. The van der Waals surface area contributed by atoms with E-state index in [9.17, 15) is 0 Å². The van der Waals surface area contributed by atoms with Crippen molar-refractivity contribution in [3.8, 4) is 0 Å². The molecule has 0 unspecified atom stereocenters. The van der Waals surface area contributed by atoms with Gasteiger partial charge in [-0.15, -0.1) is 0 Å². The Morgan fingerprint density at radius 1 is 1.24 bits per heavy atom. The molecule has 0 amide bonds. The first-order valence-electron chi connectivity index (χ1n) is 6.58. The first kappa shape index (κ1) is 15.7. The molecule has 1 heterocycles. The molecule has 0 aliphatic rings. The summed E-state index contributed by atoms with van der Waals surface area (Å²) in [6.45, 7) is 4.92. The minimum atomic E-state index is 0.346. The molecule has 2 rings (SSSR count). The summed E-state index contributed by atoms with van der Waals surface area (Å²) in [6.07, 6.45) is 0. The van der Waals surface area contributed by atoms with E-state index in [2.05, 4.69) is 36.6 Å². The topological polar surface area (TPSA) is 85.1 Å². The second-order valence-corrected chi connectivity index (χ2v) is 5.28. The molecule has 0 bridgehead atoms. The predicted molar refractivity (Wildman–Crippen MR) is 87.3 cm³/mol. The number of nitrogen functional groups attached to an aromatic ring is 1. The number of aromatic nitrogens is 2. The van der Waals surface area contributed by atoms with Gasteiger partial charge >= 0.3 is 0 Å². The number of nitrogens with one attached hydrogen (secondary N) is 2. The Labute approximate surface area is 132 Å². The van der Waals surface area contributed by atoms with Gasteiger partial charge in [0.25, 0.3) is 0 Å². The molecule has 7 heteroatoms. The maximum absolute atomic E-state index is 5.44. The van der Waals surface area contributed by atoms with Gasteiger partial charge in [0.05, 0.1) is 0 Å². The second-order valence-electron chi connectivity index (χ2n) is 4.43. The van der Waals surface area contributed by atoms with E-state index < -0.39 is 0 Å². The molecule has 0 saturated heterocycles. The number of nitrogens with zero attached hydrogens (tertiary/aromatic N) is 2. The van der Waals surface area contributed by atoms with E-state index in [1.807, 2.05) is 32.0 Å². The molecular weight excluding hydrogens is 334 g/mol. The fraction of sp³-hybridized carbons (Fsp3) is 0.286. The SMILES string of the molecule is CCOCc1nc(NN)cc(Nc2ccc(C)c(Br)c2)n1. The normalized spacial score (nSPS) is 10.5. The largest absolute Gasteiger partial charge is 0.374 e. The highest BCUT2D eigenvalue weighted by atomic mass is 79.9. The third-order valence-corrected chi connectivity index (χ3v) is 3.65. The first-order valence-corrected chi connectivity index (χ1v) is 7.37. The zero-order valence-electron chi connectivity index (χ0n) is 12.0. The number of benzene rings is 1. The average Bonchev–Trinajstić information content (AvgIpc) is 2.48. The van der Waals surface area contributed by atoms with Gasteiger partial charge in [0.2, 0.25) is 0 Å². The van der Waals surface area contributed by atoms with Crippen molar-refractivity contribution in [2.45, 2.75) is 20.5 Å². The van der Waals surface area contributed by atoms with Crippen molar-refractivity contribution < 1.29 is 4.74 Å². The number of aryl methyl sites for hydroxylation is 1. The molecule has 1 aromatic heterocycles. The summed E-state index contributed by atoms with van der Waals surface area (Å²) in [7, 11) is 0. The van der Waals surface area contributed by atoms with Crippen LogP contribution in [0, 0.1) is 6.92 Å². The first-order chi connectivity index (χ1) is 10.1. The lowest BCUT2D eigenvalue weighted by Gasteiger charge is -2.10. The lowest BCUT2D eigenvalue weighted by atomic mass is 10.2. The minimum absolute atomic E-state index is 0.346. The number of rotatable bonds is 6. The summed E-state index contributed by atoms with van der Waals surface area (Å²) < 4.78 is 6.37. The van der Waals surface area contributed by atoms with Crippen molar-refractivity contribution in [3.05, 3.63) is 40.1 Å². The van der Waals surface area contributed by atoms with Crippen molar-refractivity contribution in [1.29, 1.82) is 0 Å². The molecule has 0 aliphatic heterocycles. The van der Waals surface area contributed by atoms with E-state index >= 15 is 0 Å². The molecule has 1 aromatic carbocycles. The number of nitrogens with two attached hydrogens (primary N) is 1. The van der Waals surface area contributed by atoms with Crippen molar-refractivity contribution >= 4 is 33.3 Å². The summed E-state index contributed by atoms with van der Waals surface area (Å²) in [5.41, 5.74) is 4.63. The Hall–Kier alpha value is -1.70. The predicted octanol–water partition coefficient (Wildman–Crippen LogP) is 3.11. The van der Waals surface area contributed by atoms with E-state index in [0.29, 0.717) is 30.7 Å². The Balaban J connectivity index is 2.23. The lowest BCUT2D eigenvalue weighted by molar-refractivity contribution is 0.128. The van der Waals surface area contributed by atoms with Gasteiger partial charge in [-0.05, 0) is 31.5 Å². The molecule has 2 aromatic rings. The van der Waals surface area contributed by atoms with Crippen LogP contribution < -0.4 is 16.6 Å². The summed E-state index contributed by atoms with van der Waals surface area (Å²) in [5, 5.41) is 3.23. The summed E-state index contributed by atoms with van der Waals surface area (Å²) in [4.78, 5) is 8.65. The fourth-order valence-electron chi connectivity index (χ4n) is 1.71. The molecule has 0 spiro atoms. The van der Waals surface area contributed by atoms with Crippen molar-refractivity contribution in [1.82, 2.24) is 9.97 Å². The summed E-state index contributed by atoms with van der Waals surface area (Å²) >= 11 is 3.51. The van der Waals surface area contributed by atoms with E-state index in [0.717, 1.165) is 10.2 Å².